The van der Waals surface area contributed by atoms with E-state index in [1.54, 1.807) is 0 Å². The van der Waals surface area contributed by atoms with Crippen molar-refractivity contribution in [1.82, 2.24) is 20.1 Å². The fourth-order valence-corrected chi connectivity index (χ4v) is 4.21. The standard InChI is InChI=1S/C20H28N4OS/c1-16-22-23-20(24(16)14-17-10-6-5-7-11-17)26-15-19(25)21-18-12-8-3-2-4-9-13-18/h5-7,10-11,18H,2-4,8-9,12-15H2,1H3,(H,21,25). The number of nitrogens with one attached hydrogen (secondary N) is 1. The molecule has 0 aliphatic heterocycles. The number of rotatable bonds is 6. The van der Waals surface area contributed by atoms with Crippen molar-refractivity contribution in [2.45, 2.75) is 69.6 Å². The largest absolute Gasteiger partial charge is 0.353 e. The smallest absolute Gasteiger partial charge is 0.230 e. The highest BCUT2D eigenvalue weighted by Gasteiger charge is 2.16. The molecule has 0 spiro atoms. The highest BCUT2D eigenvalue weighted by atomic mass is 32.2. The van der Waals surface area contributed by atoms with Crippen LogP contribution in [-0.4, -0.2) is 32.5 Å². The lowest BCUT2D eigenvalue weighted by Gasteiger charge is -2.20. The van der Waals surface area contributed by atoms with Gasteiger partial charge in [-0.2, -0.15) is 0 Å². The van der Waals surface area contributed by atoms with Gasteiger partial charge in [-0.15, -0.1) is 10.2 Å². The summed E-state index contributed by atoms with van der Waals surface area (Å²) in [6, 6.07) is 10.6. The number of thioether (sulfide) groups is 1. The lowest BCUT2D eigenvalue weighted by atomic mass is 9.97. The predicted octanol–water partition coefficient (Wildman–Crippen LogP) is 3.96. The van der Waals surface area contributed by atoms with Crippen molar-refractivity contribution in [2.24, 2.45) is 0 Å². The van der Waals surface area contributed by atoms with Gasteiger partial charge in [0.2, 0.25) is 5.91 Å². The maximum Gasteiger partial charge on any atom is 0.230 e. The van der Waals surface area contributed by atoms with Crippen molar-refractivity contribution < 1.29 is 4.79 Å². The van der Waals surface area contributed by atoms with Gasteiger partial charge < -0.3 is 9.88 Å². The summed E-state index contributed by atoms with van der Waals surface area (Å²) in [6.07, 6.45) is 8.60. The van der Waals surface area contributed by atoms with Crippen molar-refractivity contribution in [2.75, 3.05) is 5.75 Å². The van der Waals surface area contributed by atoms with E-state index in [1.165, 1.54) is 49.4 Å². The third kappa shape index (κ3) is 5.59. The van der Waals surface area contributed by atoms with E-state index in [0.29, 0.717) is 11.8 Å². The third-order valence-corrected chi connectivity index (χ3v) is 5.85. The Hall–Kier alpha value is -1.82. The van der Waals surface area contributed by atoms with Gasteiger partial charge in [-0.25, -0.2) is 0 Å². The molecule has 1 saturated carbocycles. The summed E-state index contributed by atoms with van der Waals surface area (Å²) in [5.41, 5.74) is 1.20. The first-order valence-electron chi connectivity index (χ1n) is 9.58. The Labute approximate surface area is 160 Å². The molecule has 0 radical (unpaired) electrons. The Morgan fingerprint density at radius 2 is 1.81 bits per heavy atom. The molecule has 1 aromatic heterocycles. The van der Waals surface area contributed by atoms with E-state index < -0.39 is 0 Å². The zero-order chi connectivity index (χ0) is 18.2. The number of aryl methyl sites for hydroxylation is 1. The number of hydrogen-bond donors (Lipinski definition) is 1. The van der Waals surface area contributed by atoms with Crippen molar-refractivity contribution in [3.8, 4) is 0 Å². The molecule has 1 fully saturated rings. The maximum atomic E-state index is 12.4. The average molecular weight is 373 g/mol. The van der Waals surface area contributed by atoms with Gasteiger partial charge in [0.1, 0.15) is 5.82 Å². The van der Waals surface area contributed by atoms with Gasteiger partial charge in [-0.3, -0.25) is 4.79 Å². The van der Waals surface area contributed by atoms with E-state index in [1.807, 2.05) is 25.1 Å². The van der Waals surface area contributed by atoms with Crippen molar-refractivity contribution >= 4 is 17.7 Å². The van der Waals surface area contributed by atoms with Crippen LogP contribution < -0.4 is 5.32 Å². The van der Waals surface area contributed by atoms with Crippen LogP contribution >= 0.6 is 11.8 Å². The topological polar surface area (TPSA) is 59.8 Å². The van der Waals surface area contributed by atoms with E-state index >= 15 is 0 Å². The Bertz CT molecular complexity index is 693. The van der Waals surface area contributed by atoms with Gasteiger partial charge in [-0.05, 0) is 25.3 Å². The van der Waals surface area contributed by atoms with Gasteiger partial charge in [0.25, 0.3) is 0 Å². The Balaban J connectivity index is 1.53. The van der Waals surface area contributed by atoms with Crippen LogP contribution in [0.25, 0.3) is 0 Å². The van der Waals surface area contributed by atoms with Crippen molar-refractivity contribution in [3.63, 3.8) is 0 Å². The minimum Gasteiger partial charge on any atom is -0.353 e. The minimum absolute atomic E-state index is 0.104. The molecule has 5 nitrogen and oxygen atoms in total. The second-order valence-electron chi connectivity index (χ2n) is 7.00. The van der Waals surface area contributed by atoms with E-state index in [4.69, 9.17) is 0 Å². The molecule has 1 aliphatic rings. The Morgan fingerprint density at radius 3 is 2.54 bits per heavy atom. The zero-order valence-electron chi connectivity index (χ0n) is 15.5. The number of nitrogens with zero attached hydrogens (tertiary/aromatic N) is 3. The van der Waals surface area contributed by atoms with Gasteiger partial charge in [-0.1, -0.05) is 74.2 Å². The molecule has 0 bridgehead atoms. The SMILES string of the molecule is Cc1nnc(SCC(=O)NC2CCCCCCC2)n1Cc1ccccc1. The number of amides is 1. The minimum atomic E-state index is 0.104. The van der Waals surface area contributed by atoms with Crippen LogP contribution in [0.4, 0.5) is 0 Å². The molecule has 2 aromatic rings. The summed E-state index contributed by atoms with van der Waals surface area (Å²) >= 11 is 1.47. The fraction of sp³-hybridized carbons (Fsp3) is 0.550. The van der Waals surface area contributed by atoms with Crippen LogP contribution in [0, 0.1) is 6.92 Å². The molecular weight excluding hydrogens is 344 g/mol. The molecule has 26 heavy (non-hydrogen) atoms. The highest BCUT2D eigenvalue weighted by Crippen LogP contribution is 2.20. The maximum absolute atomic E-state index is 12.4. The number of carbonyl (C=O) groups is 1. The lowest BCUT2D eigenvalue weighted by Crippen LogP contribution is -2.36. The molecule has 1 amide bonds. The van der Waals surface area contributed by atoms with Crippen LogP contribution in [-0.2, 0) is 11.3 Å². The van der Waals surface area contributed by atoms with Crippen molar-refractivity contribution in [1.29, 1.82) is 0 Å². The molecule has 1 aromatic carbocycles. The second-order valence-corrected chi connectivity index (χ2v) is 7.94. The summed E-state index contributed by atoms with van der Waals surface area (Å²) in [5, 5.41) is 12.5. The number of carbonyl (C=O) groups excluding carboxylic acids is 1. The first kappa shape index (κ1) is 19.0. The highest BCUT2D eigenvalue weighted by molar-refractivity contribution is 7.99. The number of aromatic nitrogens is 3. The zero-order valence-corrected chi connectivity index (χ0v) is 16.3. The number of hydrogen-bond acceptors (Lipinski definition) is 4. The molecule has 0 saturated heterocycles. The van der Waals surface area contributed by atoms with Crippen molar-refractivity contribution in [3.05, 3.63) is 41.7 Å². The van der Waals surface area contributed by atoms with Gasteiger partial charge >= 0.3 is 0 Å². The summed E-state index contributed by atoms with van der Waals surface area (Å²) in [7, 11) is 0. The van der Waals surface area contributed by atoms with Crippen LogP contribution in [0.1, 0.15) is 56.3 Å². The van der Waals surface area contributed by atoms with E-state index in [9.17, 15) is 4.79 Å². The molecule has 0 unspecified atom stereocenters. The molecule has 140 valence electrons. The van der Waals surface area contributed by atoms with Gasteiger partial charge in [0, 0.05) is 6.04 Å². The fourth-order valence-electron chi connectivity index (χ4n) is 3.42. The van der Waals surface area contributed by atoms with Crippen LogP contribution in [0.3, 0.4) is 0 Å². The van der Waals surface area contributed by atoms with Gasteiger partial charge in [0.05, 0.1) is 12.3 Å². The molecule has 1 heterocycles. The molecule has 6 heteroatoms. The third-order valence-electron chi connectivity index (χ3n) is 4.89. The first-order valence-corrected chi connectivity index (χ1v) is 10.6. The lowest BCUT2D eigenvalue weighted by molar-refractivity contribution is -0.119. The van der Waals surface area contributed by atoms with Crippen LogP contribution in [0.2, 0.25) is 0 Å². The monoisotopic (exact) mass is 372 g/mol. The summed E-state index contributed by atoms with van der Waals surface area (Å²) in [5.74, 6) is 1.37. The molecule has 3 rings (SSSR count). The first-order chi connectivity index (χ1) is 12.7. The molecular formula is C20H28N4OS. The molecule has 0 atom stereocenters. The van der Waals surface area contributed by atoms with Crippen LogP contribution in [0.5, 0.6) is 0 Å². The van der Waals surface area contributed by atoms with Gasteiger partial charge in [0.15, 0.2) is 5.16 Å². The summed E-state index contributed by atoms with van der Waals surface area (Å²) in [6.45, 7) is 2.68. The molecule has 1 N–H and O–H groups in total. The average Bonchev–Trinajstić information content (AvgIpc) is 2.96. The molecule has 1 aliphatic carbocycles. The number of benzene rings is 1. The van der Waals surface area contributed by atoms with E-state index in [2.05, 4.69) is 32.2 Å². The quantitative estimate of drug-likeness (QED) is 0.780. The van der Waals surface area contributed by atoms with E-state index in [0.717, 1.165) is 30.4 Å². The normalized spacial score (nSPS) is 16.0. The summed E-state index contributed by atoms with van der Waals surface area (Å²) < 4.78 is 2.07. The van der Waals surface area contributed by atoms with E-state index in [-0.39, 0.29) is 5.91 Å². The Kier molecular flexibility index (Phi) is 7.12. The van der Waals surface area contributed by atoms with Crippen LogP contribution in [0.15, 0.2) is 35.5 Å². The Morgan fingerprint density at radius 1 is 1.12 bits per heavy atom. The predicted molar refractivity (Wildman–Crippen MR) is 105 cm³/mol. The summed E-state index contributed by atoms with van der Waals surface area (Å²) in [4.78, 5) is 12.4. The second kappa shape index (κ2) is 9.76.